The topological polar surface area (TPSA) is 73.4 Å². The predicted octanol–water partition coefficient (Wildman–Crippen LogP) is 1.67. The van der Waals surface area contributed by atoms with Crippen LogP contribution in [0.4, 0.5) is 11.6 Å². The summed E-state index contributed by atoms with van der Waals surface area (Å²) in [6.07, 6.45) is 0. The van der Waals surface area contributed by atoms with Crippen molar-refractivity contribution in [1.29, 1.82) is 0 Å². The molecule has 0 unspecified atom stereocenters. The SMILES string of the molecule is COC(=O)c1c(N(C)C)nn(Cc2cccc(C)c2)c1N. The summed E-state index contributed by atoms with van der Waals surface area (Å²) in [5, 5.41) is 4.42. The molecule has 0 atom stereocenters. The molecule has 1 aromatic heterocycles. The Hall–Kier alpha value is -2.50. The minimum atomic E-state index is -0.480. The number of aromatic nitrogens is 2. The second-order valence-electron chi connectivity index (χ2n) is 5.12. The molecule has 6 heteroatoms. The molecule has 112 valence electrons. The first kappa shape index (κ1) is 14.9. The van der Waals surface area contributed by atoms with Crippen molar-refractivity contribution in [2.75, 3.05) is 31.8 Å². The van der Waals surface area contributed by atoms with Crippen LogP contribution >= 0.6 is 0 Å². The van der Waals surface area contributed by atoms with E-state index in [2.05, 4.69) is 11.2 Å². The summed E-state index contributed by atoms with van der Waals surface area (Å²) in [5.41, 5.74) is 8.62. The highest BCUT2D eigenvalue weighted by molar-refractivity contribution is 5.99. The maximum absolute atomic E-state index is 11.9. The summed E-state index contributed by atoms with van der Waals surface area (Å²) in [5.74, 6) is 0.339. The van der Waals surface area contributed by atoms with Crippen LogP contribution in [0, 0.1) is 6.92 Å². The molecule has 2 rings (SSSR count). The van der Waals surface area contributed by atoms with Gasteiger partial charge < -0.3 is 15.4 Å². The fraction of sp³-hybridized carbons (Fsp3) is 0.333. The zero-order valence-corrected chi connectivity index (χ0v) is 12.8. The molecule has 0 radical (unpaired) electrons. The molecule has 0 fully saturated rings. The summed E-state index contributed by atoms with van der Waals surface area (Å²) in [7, 11) is 4.95. The van der Waals surface area contributed by atoms with E-state index in [-0.39, 0.29) is 0 Å². The van der Waals surface area contributed by atoms with Gasteiger partial charge >= 0.3 is 5.97 Å². The molecular formula is C15H20N4O2. The molecule has 0 aliphatic carbocycles. The number of rotatable bonds is 4. The molecule has 2 N–H and O–H groups in total. The molecule has 0 spiro atoms. The van der Waals surface area contributed by atoms with Gasteiger partial charge in [-0.05, 0) is 12.5 Å². The molecule has 0 amide bonds. The average Bonchev–Trinajstić information content (AvgIpc) is 2.76. The highest BCUT2D eigenvalue weighted by Gasteiger charge is 2.24. The van der Waals surface area contributed by atoms with Crippen molar-refractivity contribution in [2.45, 2.75) is 13.5 Å². The third-order valence-electron chi connectivity index (χ3n) is 3.20. The van der Waals surface area contributed by atoms with Gasteiger partial charge in [-0.3, -0.25) is 0 Å². The number of methoxy groups -OCH3 is 1. The summed E-state index contributed by atoms with van der Waals surface area (Å²) < 4.78 is 6.41. The van der Waals surface area contributed by atoms with E-state index in [1.54, 1.807) is 9.58 Å². The molecule has 6 nitrogen and oxygen atoms in total. The summed E-state index contributed by atoms with van der Waals surface area (Å²) in [6.45, 7) is 2.53. The van der Waals surface area contributed by atoms with Gasteiger partial charge in [0.05, 0.1) is 13.7 Å². The predicted molar refractivity (Wildman–Crippen MR) is 82.6 cm³/mol. The molecular weight excluding hydrogens is 268 g/mol. The Bertz CT molecular complexity index is 662. The number of nitrogens with zero attached hydrogens (tertiary/aromatic N) is 3. The molecule has 0 aliphatic heterocycles. The number of carbonyl (C=O) groups is 1. The van der Waals surface area contributed by atoms with Crippen molar-refractivity contribution in [3.8, 4) is 0 Å². The third-order valence-corrected chi connectivity index (χ3v) is 3.20. The minimum absolute atomic E-state index is 0.301. The van der Waals surface area contributed by atoms with Crippen molar-refractivity contribution in [3.05, 3.63) is 41.0 Å². The van der Waals surface area contributed by atoms with Crippen LogP contribution in [0.5, 0.6) is 0 Å². The second-order valence-corrected chi connectivity index (χ2v) is 5.12. The first-order valence-corrected chi connectivity index (χ1v) is 6.61. The van der Waals surface area contributed by atoms with Gasteiger partial charge in [0, 0.05) is 14.1 Å². The van der Waals surface area contributed by atoms with Gasteiger partial charge in [-0.2, -0.15) is 5.10 Å². The monoisotopic (exact) mass is 288 g/mol. The van der Waals surface area contributed by atoms with Crippen LogP contribution in [-0.2, 0) is 11.3 Å². The van der Waals surface area contributed by atoms with Crippen LogP contribution in [0.25, 0.3) is 0 Å². The standard InChI is InChI=1S/C15H20N4O2/c1-10-6-5-7-11(8-10)9-19-13(16)12(15(20)21-4)14(17-19)18(2)3/h5-8H,9,16H2,1-4H3. The van der Waals surface area contributed by atoms with E-state index in [0.29, 0.717) is 23.7 Å². The lowest BCUT2D eigenvalue weighted by Crippen LogP contribution is -2.14. The second kappa shape index (κ2) is 5.87. The van der Waals surface area contributed by atoms with Crippen molar-refractivity contribution >= 4 is 17.6 Å². The maximum atomic E-state index is 11.9. The highest BCUT2D eigenvalue weighted by atomic mass is 16.5. The molecule has 1 aromatic carbocycles. The first-order chi connectivity index (χ1) is 9.93. The Labute approximate surface area is 124 Å². The van der Waals surface area contributed by atoms with E-state index in [9.17, 15) is 4.79 Å². The van der Waals surface area contributed by atoms with Gasteiger partial charge in [0.2, 0.25) is 0 Å². The van der Waals surface area contributed by atoms with E-state index >= 15 is 0 Å². The number of anilines is 2. The van der Waals surface area contributed by atoms with E-state index < -0.39 is 5.97 Å². The quantitative estimate of drug-likeness (QED) is 0.866. The maximum Gasteiger partial charge on any atom is 0.345 e. The van der Waals surface area contributed by atoms with Crippen molar-refractivity contribution < 1.29 is 9.53 Å². The highest BCUT2D eigenvalue weighted by Crippen LogP contribution is 2.25. The number of hydrogen-bond donors (Lipinski definition) is 1. The van der Waals surface area contributed by atoms with Gasteiger partial charge in [0.1, 0.15) is 11.4 Å². The Kier molecular flexibility index (Phi) is 4.16. The van der Waals surface area contributed by atoms with Crippen LogP contribution in [0.15, 0.2) is 24.3 Å². The molecule has 0 saturated heterocycles. The Morgan fingerprint density at radius 2 is 2.14 bits per heavy atom. The lowest BCUT2D eigenvalue weighted by atomic mass is 10.1. The number of esters is 1. The smallest absolute Gasteiger partial charge is 0.345 e. The molecule has 0 aliphatic rings. The lowest BCUT2D eigenvalue weighted by molar-refractivity contribution is 0.0602. The fourth-order valence-corrected chi connectivity index (χ4v) is 2.18. The summed E-state index contributed by atoms with van der Waals surface area (Å²) in [4.78, 5) is 13.6. The van der Waals surface area contributed by atoms with E-state index in [1.165, 1.54) is 12.7 Å². The van der Waals surface area contributed by atoms with Crippen molar-refractivity contribution in [2.24, 2.45) is 0 Å². The Morgan fingerprint density at radius 3 is 2.71 bits per heavy atom. The number of nitrogen functional groups attached to an aromatic ring is 1. The van der Waals surface area contributed by atoms with Crippen molar-refractivity contribution in [3.63, 3.8) is 0 Å². The minimum Gasteiger partial charge on any atom is -0.465 e. The number of benzene rings is 1. The average molecular weight is 288 g/mol. The van der Waals surface area contributed by atoms with Crippen LogP contribution < -0.4 is 10.6 Å². The molecule has 0 saturated carbocycles. The Morgan fingerprint density at radius 1 is 1.43 bits per heavy atom. The number of ether oxygens (including phenoxy) is 1. The summed E-state index contributed by atoms with van der Waals surface area (Å²) >= 11 is 0. The van der Waals surface area contributed by atoms with Crippen LogP contribution in [0.3, 0.4) is 0 Å². The van der Waals surface area contributed by atoms with Crippen LogP contribution in [-0.4, -0.2) is 37.0 Å². The molecule has 1 heterocycles. The molecule has 2 aromatic rings. The normalized spacial score (nSPS) is 10.5. The zero-order chi connectivity index (χ0) is 15.6. The first-order valence-electron chi connectivity index (χ1n) is 6.61. The van der Waals surface area contributed by atoms with Crippen LogP contribution in [0.2, 0.25) is 0 Å². The van der Waals surface area contributed by atoms with Crippen LogP contribution in [0.1, 0.15) is 21.5 Å². The van der Waals surface area contributed by atoms with E-state index in [0.717, 1.165) is 5.56 Å². The number of hydrogen-bond acceptors (Lipinski definition) is 5. The molecule has 21 heavy (non-hydrogen) atoms. The van der Waals surface area contributed by atoms with Gasteiger partial charge in [-0.25, -0.2) is 9.48 Å². The number of aryl methyl sites for hydroxylation is 1. The van der Waals surface area contributed by atoms with E-state index in [4.69, 9.17) is 10.5 Å². The third kappa shape index (κ3) is 2.99. The molecule has 0 bridgehead atoms. The number of nitrogens with two attached hydrogens (primary N) is 1. The number of carbonyl (C=O) groups excluding carboxylic acids is 1. The summed E-state index contributed by atoms with van der Waals surface area (Å²) in [6, 6.07) is 8.08. The van der Waals surface area contributed by atoms with Gasteiger partial charge in [-0.1, -0.05) is 29.8 Å². The van der Waals surface area contributed by atoms with Gasteiger partial charge in [0.25, 0.3) is 0 Å². The largest absolute Gasteiger partial charge is 0.465 e. The van der Waals surface area contributed by atoms with Gasteiger partial charge in [0.15, 0.2) is 5.82 Å². The lowest BCUT2D eigenvalue weighted by Gasteiger charge is -2.09. The Balaban J connectivity index is 2.43. The zero-order valence-electron chi connectivity index (χ0n) is 12.8. The van der Waals surface area contributed by atoms with E-state index in [1.807, 2.05) is 39.2 Å². The van der Waals surface area contributed by atoms with Crippen molar-refractivity contribution in [1.82, 2.24) is 9.78 Å². The van der Waals surface area contributed by atoms with Gasteiger partial charge in [-0.15, -0.1) is 0 Å². The fourth-order valence-electron chi connectivity index (χ4n) is 2.18.